The molecular formula is C12H18N2O3. The van der Waals surface area contributed by atoms with Gasteiger partial charge in [-0.3, -0.25) is 9.63 Å². The third-order valence-corrected chi connectivity index (χ3v) is 2.40. The molecule has 0 radical (unpaired) electrons. The summed E-state index contributed by atoms with van der Waals surface area (Å²) in [6.45, 7) is 2.33. The maximum atomic E-state index is 11.8. The van der Waals surface area contributed by atoms with Crippen LogP contribution in [0.3, 0.4) is 0 Å². The van der Waals surface area contributed by atoms with Crippen molar-refractivity contribution in [2.45, 2.75) is 12.5 Å². The minimum absolute atomic E-state index is 0.285. The van der Waals surface area contributed by atoms with Crippen LogP contribution in [0, 0.1) is 0 Å². The maximum Gasteiger partial charge on any atom is 0.267 e. The molecule has 1 rings (SSSR count). The Morgan fingerprint density at radius 1 is 1.35 bits per heavy atom. The van der Waals surface area contributed by atoms with Gasteiger partial charge in [0.15, 0.2) is 0 Å². The second kappa shape index (κ2) is 6.34. The number of hydrogen-bond acceptors (Lipinski definition) is 4. The SMILES string of the molecule is COCCONC(=O)C(C)(N)c1ccccc1. The fourth-order valence-electron chi connectivity index (χ4n) is 1.26. The monoisotopic (exact) mass is 238 g/mol. The molecule has 0 aromatic heterocycles. The molecule has 0 spiro atoms. The summed E-state index contributed by atoms with van der Waals surface area (Å²) >= 11 is 0. The van der Waals surface area contributed by atoms with E-state index >= 15 is 0 Å². The van der Waals surface area contributed by atoms with E-state index < -0.39 is 5.54 Å². The number of carbonyl (C=O) groups excluding carboxylic acids is 1. The largest absolute Gasteiger partial charge is 0.382 e. The Kier molecular flexibility index (Phi) is 5.09. The first kappa shape index (κ1) is 13.6. The summed E-state index contributed by atoms with van der Waals surface area (Å²) in [5.74, 6) is -0.389. The molecule has 94 valence electrons. The lowest BCUT2D eigenvalue weighted by Crippen LogP contribution is -2.49. The van der Waals surface area contributed by atoms with Crippen LogP contribution in [0.1, 0.15) is 12.5 Å². The number of hydroxylamine groups is 1. The van der Waals surface area contributed by atoms with Gasteiger partial charge in [0.2, 0.25) is 0 Å². The van der Waals surface area contributed by atoms with Crippen molar-refractivity contribution in [2.24, 2.45) is 5.73 Å². The van der Waals surface area contributed by atoms with E-state index in [1.165, 1.54) is 0 Å². The zero-order chi connectivity index (χ0) is 12.7. The average molecular weight is 238 g/mol. The molecule has 0 aliphatic carbocycles. The van der Waals surface area contributed by atoms with E-state index in [9.17, 15) is 4.79 Å². The lowest BCUT2D eigenvalue weighted by molar-refractivity contribution is -0.140. The van der Waals surface area contributed by atoms with Crippen LogP contribution in [0.25, 0.3) is 0 Å². The predicted octanol–water partition coefficient (Wildman–Crippen LogP) is 0.555. The first-order valence-electron chi connectivity index (χ1n) is 5.34. The van der Waals surface area contributed by atoms with Gasteiger partial charge >= 0.3 is 0 Å². The number of benzene rings is 1. The Morgan fingerprint density at radius 3 is 2.59 bits per heavy atom. The van der Waals surface area contributed by atoms with Crippen LogP contribution in [-0.2, 0) is 19.9 Å². The summed E-state index contributed by atoms with van der Waals surface area (Å²) in [6.07, 6.45) is 0. The van der Waals surface area contributed by atoms with Gasteiger partial charge in [0, 0.05) is 7.11 Å². The maximum absolute atomic E-state index is 11.8. The molecule has 0 fully saturated rings. The second-order valence-corrected chi connectivity index (χ2v) is 3.84. The summed E-state index contributed by atoms with van der Waals surface area (Å²) in [4.78, 5) is 16.8. The molecular weight excluding hydrogens is 220 g/mol. The van der Waals surface area contributed by atoms with Crippen LogP contribution in [-0.4, -0.2) is 26.2 Å². The van der Waals surface area contributed by atoms with E-state index in [0.29, 0.717) is 6.61 Å². The van der Waals surface area contributed by atoms with Gasteiger partial charge in [-0.05, 0) is 12.5 Å². The summed E-state index contributed by atoms with van der Waals surface area (Å²) in [6, 6.07) is 9.13. The van der Waals surface area contributed by atoms with Gasteiger partial charge in [0.25, 0.3) is 5.91 Å². The highest BCUT2D eigenvalue weighted by molar-refractivity contribution is 5.86. The molecule has 0 heterocycles. The van der Waals surface area contributed by atoms with Crippen molar-refractivity contribution < 1.29 is 14.4 Å². The fourth-order valence-corrected chi connectivity index (χ4v) is 1.26. The third-order valence-electron chi connectivity index (χ3n) is 2.40. The number of nitrogens with two attached hydrogens (primary N) is 1. The van der Waals surface area contributed by atoms with Gasteiger partial charge in [-0.25, -0.2) is 5.48 Å². The van der Waals surface area contributed by atoms with Gasteiger partial charge in [-0.15, -0.1) is 0 Å². The number of rotatable bonds is 6. The first-order chi connectivity index (χ1) is 8.09. The van der Waals surface area contributed by atoms with Gasteiger partial charge in [0.05, 0.1) is 13.2 Å². The van der Waals surface area contributed by atoms with Crippen molar-refractivity contribution in [3.63, 3.8) is 0 Å². The quantitative estimate of drug-likeness (QED) is 0.561. The molecule has 0 saturated heterocycles. The normalized spacial score (nSPS) is 14.1. The standard InChI is InChI=1S/C12H18N2O3/c1-12(13,10-6-4-3-5-7-10)11(15)14-17-9-8-16-2/h3-7H,8-9,13H2,1-2H3,(H,14,15). The Hall–Kier alpha value is -1.43. The lowest BCUT2D eigenvalue weighted by atomic mass is 9.93. The summed E-state index contributed by atoms with van der Waals surface area (Å²) in [7, 11) is 1.56. The first-order valence-corrected chi connectivity index (χ1v) is 5.34. The highest BCUT2D eigenvalue weighted by Gasteiger charge is 2.30. The zero-order valence-corrected chi connectivity index (χ0v) is 10.1. The molecule has 0 saturated carbocycles. The van der Waals surface area contributed by atoms with Crippen molar-refractivity contribution >= 4 is 5.91 Å². The Bertz CT molecular complexity index is 352. The van der Waals surface area contributed by atoms with E-state index in [0.717, 1.165) is 5.56 Å². The highest BCUT2D eigenvalue weighted by Crippen LogP contribution is 2.17. The van der Waals surface area contributed by atoms with Gasteiger partial charge in [-0.1, -0.05) is 30.3 Å². The minimum atomic E-state index is -1.12. The number of ether oxygens (including phenoxy) is 1. The number of carbonyl (C=O) groups is 1. The molecule has 1 aromatic carbocycles. The number of hydrogen-bond donors (Lipinski definition) is 2. The Balaban J connectivity index is 2.55. The molecule has 17 heavy (non-hydrogen) atoms. The summed E-state index contributed by atoms with van der Waals surface area (Å²) in [5.41, 5.74) is 7.90. The van der Waals surface area contributed by atoms with Crippen molar-refractivity contribution in [2.75, 3.05) is 20.3 Å². The van der Waals surface area contributed by atoms with Crippen LogP contribution in [0.15, 0.2) is 30.3 Å². The van der Waals surface area contributed by atoms with Gasteiger partial charge in [0.1, 0.15) is 5.54 Å². The predicted molar refractivity (Wildman–Crippen MR) is 64.0 cm³/mol. The van der Waals surface area contributed by atoms with Crippen LogP contribution in [0.2, 0.25) is 0 Å². The minimum Gasteiger partial charge on any atom is -0.382 e. The summed E-state index contributed by atoms with van der Waals surface area (Å²) in [5, 5.41) is 0. The number of amides is 1. The molecule has 0 aliphatic rings. The van der Waals surface area contributed by atoms with E-state index in [2.05, 4.69) is 5.48 Å². The molecule has 0 bridgehead atoms. The molecule has 1 atom stereocenters. The number of methoxy groups -OCH3 is 1. The molecule has 1 aromatic rings. The Morgan fingerprint density at radius 2 is 2.00 bits per heavy atom. The molecule has 0 aliphatic heterocycles. The van der Waals surface area contributed by atoms with E-state index in [1.807, 2.05) is 18.2 Å². The van der Waals surface area contributed by atoms with Gasteiger partial charge < -0.3 is 10.5 Å². The topological polar surface area (TPSA) is 73.6 Å². The Labute approximate surface area is 101 Å². The van der Waals surface area contributed by atoms with E-state index in [-0.39, 0.29) is 12.5 Å². The molecule has 5 nitrogen and oxygen atoms in total. The summed E-state index contributed by atoms with van der Waals surface area (Å²) < 4.78 is 4.79. The fraction of sp³-hybridized carbons (Fsp3) is 0.417. The lowest BCUT2D eigenvalue weighted by Gasteiger charge is -2.23. The molecule has 1 amide bonds. The smallest absolute Gasteiger partial charge is 0.267 e. The average Bonchev–Trinajstić information content (AvgIpc) is 2.35. The molecule has 3 N–H and O–H groups in total. The third kappa shape index (κ3) is 3.81. The second-order valence-electron chi connectivity index (χ2n) is 3.84. The zero-order valence-electron chi connectivity index (χ0n) is 10.1. The van der Waals surface area contributed by atoms with E-state index in [1.54, 1.807) is 26.2 Å². The van der Waals surface area contributed by atoms with Crippen molar-refractivity contribution in [1.29, 1.82) is 0 Å². The highest BCUT2D eigenvalue weighted by atomic mass is 16.7. The van der Waals surface area contributed by atoms with Crippen LogP contribution >= 0.6 is 0 Å². The van der Waals surface area contributed by atoms with Gasteiger partial charge in [-0.2, -0.15) is 0 Å². The van der Waals surface area contributed by atoms with Crippen molar-refractivity contribution in [3.8, 4) is 0 Å². The van der Waals surface area contributed by atoms with Crippen LogP contribution in [0.4, 0.5) is 0 Å². The molecule has 1 unspecified atom stereocenters. The van der Waals surface area contributed by atoms with Crippen LogP contribution < -0.4 is 11.2 Å². The number of nitrogens with one attached hydrogen (secondary N) is 1. The van der Waals surface area contributed by atoms with Crippen molar-refractivity contribution in [1.82, 2.24) is 5.48 Å². The molecule has 5 heteroatoms. The van der Waals surface area contributed by atoms with Crippen molar-refractivity contribution in [3.05, 3.63) is 35.9 Å². The van der Waals surface area contributed by atoms with Crippen LogP contribution in [0.5, 0.6) is 0 Å². The van der Waals surface area contributed by atoms with E-state index in [4.69, 9.17) is 15.3 Å².